The van der Waals surface area contributed by atoms with Gasteiger partial charge in [0.15, 0.2) is 5.78 Å². The number of aliphatic carboxylic acids is 2. The predicted octanol–water partition coefficient (Wildman–Crippen LogP) is 1.73. The fraction of sp³-hybridized carbons (Fsp3) is 0.308. The van der Waals surface area contributed by atoms with Crippen LogP contribution in [0, 0.1) is 16.0 Å². The Morgan fingerprint density at radius 2 is 1.71 bits per heavy atom. The van der Waals surface area contributed by atoms with Crippen LogP contribution in [0.2, 0.25) is 0 Å². The third-order valence-corrected chi connectivity index (χ3v) is 2.89. The largest absolute Gasteiger partial charge is 0.481 e. The monoisotopic (exact) mass is 295 g/mol. The Labute approximate surface area is 119 Å². The summed E-state index contributed by atoms with van der Waals surface area (Å²) in [6, 6.07) is 4.80. The quantitative estimate of drug-likeness (QED) is 0.423. The van der Waals surface area contributed by atoms with Crippen molar-refractivity contribution in [2.24, 2.45) is 5.92 Å². The Morgan fingerprint density at radius 1 is 1.14 bits per heavy atom. The van der Waals surface area contributed by atoms with Gasteiger partial charge in [-0.05, 0) is 18.6 Å². The minimum absolute atomic E-state index is 0.149. The highest BCUT2D eigenvalue weighted by Crippen LogP contribution is 2.18. The van der Waals surface area contributed by atoms with Crippen molar-refractivity contribution in [3.63, 3.8) is 0 Å². The number of rotatable bonds is 8. The zero-order chi connectivity index (χ0) is 16.0. The van der Waals surface area contributed by atoms with Crippen LogP contribution in [0.3, 0.4) is 0 Å². The number of carbonyl (C=O) groups is 3. The second-order valence-corrected chi connectivity index (χ2v) is 4.40. The molecule has 0 aromatic heterocycles. The lowest BCUT2D eigenvalue weighted by Gasteiger charge is -2.10. The number of carboxylic acids is 2. The van der Waals surface area contributed by atoms with Gasteiger partial charge in [-0.2, -0.15) is 0 Å². The Morgan fingerprint density at radius 3 is 2.14 bits per heavy atom. The van der Waals surface area contributed by atoms with Gasteiger partial charge in [0.1, 0.15) is 0 Å². The van der Waals surface area contributed by atoms with E-state index in [0.717, 1.165) is 12.1 Å². The molecule has 0 saturated carbocycles. The molecule has 1 aromatic carbocycles. The number of nitrogens with zero attached hydrogens (tertiary/aromatic N) is 1. The molecule has 112 valence electrons. The van der Waals surface area contributed by atoms with E-state index in [2.05, 4.69) is 0 Å². The van der Waals surface area contributed by atoms with Crippen LogP contribution in [0.4, 0.5) is 5.69 Å². The van der Waals surface area contributed by atoms with Crippen LogP contribution < -0.4 is 0 Å². The summed E-state index contributed by atoms with van der Waals surface area (Å²) in [5, 5.41) is 28.0. The van der Waals surface area contributed by atoms with E-state index < -0.39 is 28.6 Å². The van der Waals surface area contributed by atoms with Gasteiger partial charge in [-0.25, -0.2) is 0 Å². The average molecular weight is 295 g/mol. The Hall–Kier alpha value is -2.77. The first-order valence-corrected chi connectivity index (χ1v) is 6.03. The first kappa shape index (κ1) is 16.3. The lowest BCUT2D eigenvalue weighted by atomic mass is 9.94. The third-order valence-electron chi connectivity index (χ3n) is 2.89. The second-order valence-electron chi connectivity index (χ2n) is 4.40. The summed E-state index contributed by atoms with van der Waals surface area (Å²) < 4.78 is 0. The smallest absolute Gasteiger partial charge is 0.306 e. The molecule has 0 radical (unpaired) electrons. The summed E-state index contributed by atoms with van der Waals surface area (Å²) in [6.45, 7) is 0. The molecule has 8 nitrogen and oxygen atoms in total. The van der Waals surface area contributed by atoms with Gasteiger partial charge in [0.2, 0.25) is 0 Å². The molecular weight excluding hydrogens is 282 g/mol. The molecule has 0 aliphatic heterocycles. The van der Waals surface area contributed by atoms with Gasteiger partial charge in [-0.3, -0.25) is 24.5 Å². The number of non-ortho nitro benzene ring substituents is 1. The number of hydrogen-bond acceptors (Lipinski definition) is 5. The molecule has 21 heavy (non-hydrogen) atoms. The number of nitro groups is 1. The lowest BCUT2D eigenvalue weighted by molar-refractivity contribution is -0.384. The molecule has 0 unspecified atom stereocenters. The van der Waals surface area contributed by atoms with Crippen molar-refractivity contribution < 1.29 is 29.5 Å². The summed E-state index contributed by atoms with van der Waals surface area (Å²) in [7, 11) is 0. The molecule has 1 atom stereocenters. The Balaban J connectivity index is 2.74. The third kappa shape index (κ3) is 5.01. The van der Waals surface area contributed by atoms with Gasteiger partial charge in [0.05, 0.1) is 10.8 Å². The minimum Gasteiger partial charge on any atom is -0.481 e. The number of ketones is 1. The van der Waals surface area contributed by atoms with Gasteiger partial charge in [-0.15, -0.1) is 0 Å². The number of benzene rings is 1. The summed E-state index contributed by atoms with van der Waals surface area (Å²) >= 11 is 0. The maximum absolute atomic E-state index is 11.9. The molecule has 2 N–H and O–H groups in total. The zero-order valence-electron chi connectivity index (χ0n) is 10.9. The Kier molecular flexibility index (Phi) is 5.53. The van der Waals surface area contributed by atoms with Crippen molar-refractivity contribution in [3.05, 3.63) is 39.9 Å². The second kappa shape index (κ2) is 7.13. The summed E-state index contributed by atoms with van der Waals surface area (Å²) in [5.41, 5.74) is -0.0191. The van der Waals surface area contributed by atoms with E-state index in [1.165, 1.54) is 12.1 Å². The summed E-state index contributed by atoms with van der Waals surface area (Å²) in [5.74, 6) is -3.97. The van der Waals surface area contributed by atoms with Crippen LogP contribution in [0.5, 0.6) is 0 Å². The molecule has 1 rings (SSSR count). The highest BCUT2D eigenvalue weighted by atomic mass is 16.6. The highest BCUT2D eigenvalue weighted by molar-refractivity contribution is 5.98. The molecule has 8 heteroatoms. The van der Waals surface area contributed by atoms with E-state index in [-0.39, 0.29) is 30.5 Å². The number of carbonyl (C=O) groups excluding carboxylic acids is 1. The van der Waals surface area contributed by atoms with Crippen molar-refractivity contribution in [1.82, 2.24) is 0 Å². The van der Waals surface area contributed by atoms with Crippen molar-refractivity contribution in [2.45, 2.75) is 19.3 Å². The average Bonchev–Trinajstić information content (AvgIpc) is 2.42. The van der Waals surface area contributed by atoms with Gasteiger partial charge < -0.3 is 10.2 Å². The number of carboxylic acid groups (broad SMARTS) is 2. The number of hydrogen-bond donors (Lipinski definition) is 2. The zero-order valence-corrected chi connectivity index (χ0v) is 10.9. The molecular formula is C13H13NO7. The van der Waals surface area contributed by atoms with Crippen LogP contribution >= 0.6 is 0 Å². The van der Waals surface area contributed by atoms with E-state index in [4.69, 9.17) is 10.2 Å². The normalized spacial score (nSPS) is 11.6. The van der Waals surface area contributed by atoms with E-state index in [9.17, 15) is 24.5 Å². The van der Waals surface area contributed by atoms with E-state index in [0.29, 0.717) is 0 Å². The number of nitro benzene ring substituents is 1. The van der Waals surface area contributed by atoms with Crippen molar-refractivity contribution in [3.8, 4) is 0 Å². The summed E-state index contributed by atoms with van der Waals surface area (Å²) in [6.07, 6.45) is -0.839. The first-order chi connectivity index (χ1) is 9.81. The molecule has 1 aromatic rings. The minimum atomic E-state index is -1.24. The molecule has 0 aliphatic carbocycles. The maximum atomic E-state index is 11.9. The van der Waals surface area contributed by atoms with Crippen LogP contribution in [0.15, 0.2) is 24.3 Å². The van der Waals surface area contributed by atoms with E-state index >= 15 is 0 Å². The topological polar surface area (TPSA) is 135 Å². The molecule has 0 spiro atoms. The molecule has 0 fully saturated rings. The van der Waals surface area contributed by atoms with Crippen molar-refractivity contribution >= 4 is 23.4 Å². The molecule has 0 heterocycles. The van der Waals surface area contributed by atoms with Crippen LogP contribution in [0.25, 0.3) is 0 Å². The fourth-order valence-electron chi connectivity index (χ4n) is 1.72. The fourth-order valence-corrected chi connectivity index (χ4v) is 1.72. The first-order valence-electron chi connectivity index (χ1n) is 6.03. The summed E-state index contributed by atoms with van der Waals surface area (Å²) in [4.78, 5) is 43.2. The van der Waals surface area contributed by atoms with Gasteiger partial charge >= 0.3 is 11.9 Å². The highest BCUT2D eigenvalue weighted by Gasteiger charge is 2.23. The van der Waals surface area contributed by atoms with Crippen molar-refractivity contribution in [2.75, 3.05) is 0 Å². The molecule has 0 saturated heterocycles. The molecule has 0 aliphatic rings. The number of Topliss-reactive ketones (excluding diaryl/α,β-unsaturated/α-hetero) is 1. The predicted molar refractivity (Wildman–Crippen MR) is 70.0 cm³/mol. The van der Waals surface area contributed by atoms with Crippen LogP contribution in [-0.2, 0) is 9.59 Å². The lowest BCUT2D eigenvalue weighted by Crippen LogP contribution is -2.19. The standard InChI is InChI=1S/C13H13NO7/c15-11(7-9(13(18)19)3-6-12(16)17)8-1-4-10(5-2-8)14(20)21/h1-2,4-5,9H,3,6-7H2,(H,16,17)(H,18,19)/t9-/m0/s1. The van der Waals surface area contributed by atoms with Gasteiger partial charge in [0, 0.05) is 30.5 Å². The van der Waals surface area contributed by atoms with Gasteiger partial charge in [-0.1, -0.05) is 0 Å². The Bertz CT molecular complexity index is 564. The van der Waals surface area contributed by atoms with E-state index in [1.54, 1.807) is 0 Å². The maximum Gasteiger partial charge on any atom is 0.306 e. The van der Waals surface area contributed by atoms with Crippen molar-refractivity contribution in [1.29, 1.82) is 0 Å². The molecule has 0 amide bonds. The van der Waals surface area contributed by atoms with E-state index in [1.807, 2.05) is 0 Å². The van der Waals surface area contributed by atoms with Crippen LogP contribution in [-0.4, -0.2) is 32.9 Å². The SMILES string of the molecule is O=C(O)CC[C@@H](CC(=O)c1ccc([N+](=O)[O-])cc1)C(=O)O. The molecule has 0 bridgehead atoms. The van der Waals surface area contributed by atoms with Gasteiger partial charge in [0.25, 0.3) is 5.69 Å². The van der Waals surface area contributed by atoms with Crippen LogP contribution in [0.1, 0.15) is 29.6 Å².